The van der Waals surface area contributed by atoms with Gasteiger partial charge in [-0.05, 0) is 132 Å². The second kappa shape index (κ2) is 36.0. The number of halogens is 6. The van der Waals surface area contributed by atoms with Crippen molar-refractivity contribution in [2.24, 2.45) is 35.5 Å². The first kappa shape index (κ1) is 62.8. The van der Waals surface area contributed by atoms with Crippen molar-refractivity contribution in [3.63, 3.8) is 0 Å². The fraction of sp³-hybridized carbons (Fsp3) is 1.00. The van der Waals surface area contributed by atoms with Gasteiger partial charge in [-0.15, -0.1) is 39.3 Å². The van der Waals surface area contributed by atoms with E-state index in [1.165, 1.54) is 212 Å². The molecule has 6 aliphatic heterocycles. The maximum atomic E-state index is 5.29. The van der Waals surface area contributed by atoms with Crippen LogP contribution in [0.15, 0.2) is 0 Å². The van der Waals surface area contributed by atoms with Gasteiger partial charge < -0.3 is 46.6 Å². The predicted molar refractivity (Wildman–Crippen MR) is 297 cm³/mol. The Hall–Kier alpha value is 3.25. The van der Waals surface area contributed by atoms with Crippen molar-refractivity contribution in [1.29, 1.82) is 0 Å². The Labute approximate surface area is 487 Å². The molecule has 6 saturated heterocycles. The summed E-state index contributed by atoms with van der Waals surface area (Å²) < 4.78 is 0. The zero-order chi connectivity index (χ0) is 50.3. The average molecular weight is 1280 g/mol. The zero-order valence-electron chi connectivity index (χ0n) is 44.7. The van der Waals surface area contributed by atoms with Gasteiger partial charge in [-0.2, -0.15) is 0 Å². The second-order valence-electron chi connectivity index (χ2n) is 23.6. The van der Waals surface area contributed by atoms with E-state index in [1.54, 1.807) is 0 Å². The normalized spacial score (nSPS) is 39.0. The molecule has 0 aromatic carbocycles. The van der Waals surface area contributed by atoms with Crippen LogP contribution in [0, 0.1) is 35.5 Å². The van der Waals surface area contributed by atoms with Gasteiger partial charge in [-0.25, -0.2) is 0 Å². The van der Waals surface area contributed by atoms with Crippen LogP contribution in [0.5, 0.6) is 0 Å². The van der Waals surface area contributed by atoms with Crippen molar-refractivity contribution in [2.75, 3.05) is 39.3 Å². The Morgan fingerprint density at radius 2 is 0.417 bits per heavy atom. The summed E-state index contributed by atoms with van der Waals surface area (Å²) >= 11 is -2.79. The topological polar surface area (TPSA) is 94.3 Å². The van der Waals surface area contributed by atoms with Gasteiger partial charge in [-0.1, -0.05) is 153 Å². The number of piperidine rings is 6. The molecule has 0 radical (unpaired) electrons. The van der Waals surface area contributed by atoms with Gasteiger partial charge in [-0.3, -0.25) is 0 Å². The van der Waals surface area contributed by atoms with Gasteiger partial charge in [0, 0.05) is 18.1 Å². The summed E-state index contributed by atoms with van der Waals surface area (Å²) in [5.74, 6) is 5.61. The van der Waals surface area contributed by atoms with Crippen molar-refractivity contribution < 1.29 is 45.4 Å². The molecule has 18 heteroatoms. The van der Waals surface area contributed by atoms with Crippen LogP contribution in [-0.4, -0.2) is 109 Å². The molecule has 408 valence electrons. The van der Waals surface area contributed by atoms with Crippen LogP contribution in [-0.2, 0) is 45.4 Å². The molecular weight excluding hydrogens is 1180 g/mol. The fourth-order valence-corrected chi connectivity index (χ4v) is 16.4. The Bertz CT molecular complexity index is 1160. The summed E-state index contributed by atoms with van der Waals surface area (Å²) in [5, 5.41) is 31.7. The Kier molecular flexibility index (Phi) is 31.4. The number of hydrogen-bond donors (Lipinski definition) is 0. The third-order valence-corrected chi connectivity index (χ3v) is 19.6. The van der Waals surface area contributed by atoms with E-state index in [0.29, 0.717) is 55.1 Å². The molecule has 6 heterocycles. The molecule has 0 amide bonds. The van der Waals surface area contributed by atoms with Gasteiger partial charge >= 0.3 is 104 Å². The van der Waals surface area contributed by atoms with Crippen LogP contribution in [0.4, 0.5) is 0 Å². The van der Waals surface area contributed by atoms with E-state index in [-0.39, 0.29) is 0 Å². The van der Waals surface area contributed by atoms with E-state index < -0.39 is 45.4 Å². The summed E-state index contributed by atoms with van der Waals surface area (Å²) in [7, 11) is 29.7. The molecule has 6 atom stereocenters. The number of hydrogen-bond acceptors (Lipinski definition) is 3. The summed E-state index contributed by atoms with van der Waals surface area (Å²) in [5.41, 5.74) is 0. The first-order chi connectivity index (χ1) is 35.5. The van der Waals surface area contributed by atoms with Crippen LogP contribution >= 0.6 is 58.1 Å². The quantitative estimate of drug-likeness (QED) is 0.182. The Morgan fingerprint density at radius 3 is 0.569 bits per heavy atom. The molecule has 4 aliphatic carbocycles. The van der Waals surface area contributed by atoms with Gasteiger partial charge in [0.1, 0.15) is 0 Å². The van der Waals surface area contributed by atoms with Crippen LogP contribution in [0.1, 0.15) is 212 Å². The van der Waals surface area contributed by atoms with Gasteiger partial charge in [0.2, 0.25) is 0 Å². The second-order valence-corrected chi connectivity index (χ2v) is 37.5. The van der Waals surface area contributed by atoms with Gasteiger partial charge in [0.15, 0.2) is 0 Å². The van der Waals surface area contributed by atoms with Crippen molar-refractivity contribution >= 4 is 58.1 Å². The summed E-state index contributed by atoms with van der Waals surface area (Å²) in [6.07, 6.45) is 47.9. The first-order valence-corrected chi connectivity index (χ1v) is 53.6. The van der Waals surface area contributed by atoms with E-state index in [0.717, 1.165) is 74.8 Å². The monoisotopic (exact) mass is 1270 g/mol. The summed E-state index contributed by atoms with van der Waals surface area (Å²) in [6.45, 7) is 6.45. The van der Waals surface area contributed by atoms with Crippen LogP contribution in [0.3, 0.4) is 0 Å². The molecule has 0 bridgehead atoms. The van der Waals surface area contributed by atoms with Crippen molar-refractivity contribution in [3.8, 4) is 0 Å². The average Bonchev–Trinajstić information content (AvgIpc) is 3.44. The van der Waals surface area contributed by atoms with Crippen molar-refractivity contribution in [3.05, 3.63) is 31.9 Å². The fourth-order valence-electron chi connectivity index (χ4n) is 16.4. The molecule has 0 N–H and O–H groups in total. The molecule has 10 fully saturated rings. The Balaban J connectivity index is 0.000000788. The molecule has 0 spiro atoms. The third kappa shape index (κ3) is 19.2. The van der Waals surface area contributed by atoms with Crippen LogP contribution in [0.2, 0.25) is 0 Å². The third-order valence-electron chi connectivity index (χ3n) is 19.6. The maximum absolute atomic E-state index is 5.29. The molecule has 9 nitrogen and oxygen atoms in total. The summed E-state index contributed by atoms with van der Waals surface area (Å²) in [6, 6.07) is 2.10. The molecule has 0 aromatic heterocycles. The van der Waals surface area contributed by atoms with Crippen molar-refractivity contribution in [1.82, 2.24) is 14.7 Å². The van der Waals surface area contributed by atoms with Gasteiger partial charge in [0.05, 0.1) is 0 Å². The van der Waals surface area contributed by atoms with Crippen LogP contribution < -0.4 is 0 Å². The van der Waals surface area contributed by atoms with Crippen LogP contribution in [0.25, 0.3) is 31.9 Å². The predicted octanol–water partition coefficient (Wildman–Crippen LogP) is 18.0. The molecule has 4 saturated carbocycles. The van der Waals surface area contributed by atoms with E-state index in [4.69, 9.17) is 90.0 Å². The Morgan fingerprint density at radius 1 is 0.236 bits per heavy atom. The zero-order valence-corrected chi connectivity index (χ0v) is 58.1. The standard InChI is InChI=1S/C54H93N9.6ClH.3Zn/c1-7-31-55-49(13-1)61(50-14-2-8-32-56-50)46-25-19-40(20-26-46)43-37-44(41-21-27-47(28-22-41)62(51-15-3-9-33-57-51)52-16-4-10-34-58-52)39-45(38-43)42-23-29-48(30-24-42)63(53-17-5-11-35-59-53)54-18-6-12-36-60-54;;;;;;;;;/h40-54H,1-39H2;6*1H;;;/q-6;;;;;;;3*+2/p-6. The number of nitrogens with zero attached hydrogens (tertiary/aromatic N) is 9. The molecular formula is C54H93Cl6N9Zn3-6. The van der Waals surface area contributed by atoms with E-state index in [9.17, 15) is 0 Å². The van der Waals surface area contributed by atoms with Crippen molar-refractivity contribution in [2.45, 2.75) is 267 Å². The molecule has 72 heavy (non-hydrogen) atoms. The SMILES string of the molecule is C1CCC(N(C2CCC(C3CC(C4CCC(N(C5CCCC[N-]5)C5CCCC[N-]5)CC4)CC(C4CCC(N(C5CCCC[N-]5)C5CCCC[N-]5)CC4)C3)CC2)C2CCCC[N-]2)[N-]C1.[Cl][Zn][Cl].[Cl][Zn][Cl].[Cl][Zn][Cl]. The van der Waals surface area contributed by atoms with E-state index >= 15 is 0 Å². The van der Waals surface area contributed by atoms with E-state index in [1.807, 2.05) is 0 Å². The first-order valence-electron chi connectivity index (χ1n) is 30.2. The molecule has 10 rings (SSSR count). The minimum atomic E-state index is -0.931. The molecule has 0 aromatic rings. The number of rotatable bonds is 12. The van der Waals surface area contributed by atoms with E-state index in [2.05, 4.69) is 14.7 Å². The minimum absolute atomic E-state index is 0.435. The molecule has 6 unspecified atom stereocenters. The summed E-state index contributed by atoms with van der Waals surface area (Å²) in [4.78, 5) is 8.73. The molecule has 10 aliphatic rings. The van der Waals surface area contributed by atoms with Gasteiger partial charge in [0.25, 0.3) is 0 Å².